The quantitative estimate of drug-likeness (QED) is 0.777. The second kappa shape index (κ2) is 5.72. The van der Waals surface area contributed by atoms with Gasteiger partial charge in [-0.1, -0.05) is 0 Å². The first-order chi connectivity index (χ1) is 9.47. The van der Waals surface area contributed by atoms with Gasteiger partial charge in [0.2, 0.25) is 5.91 Å². The Bertz CT molecular complexity index is 522. The molecule has 108 valence electrons. The molecule has 1 aliphatic rings. The van der Waals surface area contributed by atoms with Crippen LogP contribution in [0.5, 0.6) is 0 Å². The molecular formula is C12H17N5O3. The zero-order chi connectivity index (χ0) is 14.7. The molecule has 0 saturated carbocycles. The molecule has 1 fully saturated rings. The Morgan fingerprint density at radius 3 is 2.85 bits per heavy atom. The fourth-order valence-electron chi connectivity index (χ4n) is 1.96. The van der Waals surface area contributed by atoms with Gasteiger partial charge in [-0.15, -0.1) is 0 Å². The van der Waals surface area contributed by atoms with Crippen LogP contribution in [0.4, 0.5) is 11.6 Å². The number of hydrogen-bond donors (Lipinski definition) is 1. The second-order valence-corrected chi connectivity index (χ2v) is 4.72. The Labute approximate surface area is 116 Å². The summed E-state index contributed by atoms with van der Waals surface area (Å²) < 4.78 is 0. The minimum absolute atomic E-state index is 0.0373. The number of carbonyl (C=O) groups is 2. The van der Waals surface area contributed by atoms with Crippen molar-refractivity contribution in [1.82, 2.24) is 14.9 Å². The third-order valence-electron chi connectivity index (χ3n) is 3.18. The van der Waals surface area contributed by atoms with E-state index in [4.69, 9.17) is 5.11 Å². The van der Waals surface area contributed by atoms with E-state index in [9.17, 15) is 9.59 Å². The van der Waals surface area contributed by atoms with Gasteiger partial charge in [0.1, 0.15) is 24.5 Å². The Kier molecular flexibility index (Phi) is 4.02. The Balaban J connectivity index is 2.13. The molecule has 0 atom stereocenters. The van der Waals surface area contributed by atoms with E-state index < -0.39 is 5.97 Å². The van der Waals surface area contributed by atoms with E-state index in [2.05, 4.69) is 9.97 Å². The number of carbonyl (C=O) groups excluding carboxylic acids is 1. The van der Waals surface area contributed by atoms with Gasteiger partial charge in [0.05, 0.1) is 6.54 Å². The van der Waals surface area contributed by atoms with E-state index >= 15 is 0 Å². The topological polar surface area (TPSA) is 89.9 Å². The molecule has 0 spiro atoms. The maximum atomic E-state index is 11.7. The van der Waals surface area contributed by atoms with Crippen molar-refractivity contribution in [1.29, 1.82) is 0 Å². The Morgan fingerprint density at radius 1 is 1.45 bits per heavy atom. The van der Waals surface area contributed by atoms with E-state index in [1.807, 2.05) is 4.90 Å². The van der Waals surface area contributed by atoms with Crippen molar-refractivity contribution in [2.75, 3.05) is 50.1 Å². The van der Waals surface area contributed by atoms with Gasteiger partial charge < -0.3 is 19.8 Å². The van der Waals surface area contributed by atoms with Crippen LogP contribution in [0.3, 0.4) is 0 Å². The molecule has 1 aliphatic heterocycles. The lowest BCUT2D eigenvalue weighted by atomic mass is 10.3. The first kappa shape index (κ1) is 14.0. The summed E-state index contributed by atoms with van der Waals surface area (Å²) in [7, 11) is 3.42. The third-order valence-corrected chi connectivity index (χ3v) is 3.18. The highest BCUT2D eigenvalue weighted by Gasteiger charge is 2.22. The van der Waals surface area contributed by atoms with Crippen LogP contribution in [0.15, 0.2) is 12.4 Å². The second-order valence-electron chi connectivity index (χ2n) is 4.72. The van der Waals surface area contributed by atoms with E-state index in [1.165, 1.54) is 11.2 Å². The maximum Gasteiger partial charge on any atom is 0.323 e. The first-order valence-electron chi connectivity index (χ1n) is 6.21. The van der Waals surface area contributed by atoms with E-state index in [-0.39, 0.29) is 19.0 Å². The van der Waals surface area contributed by atoms with Crippen LogP contribution in [-0.2, 0) is 9.59 Å². The molecule has 0 bridgehead atoms. The average molecular weight is 279 g/mol. The SMILES string of the molecule is CN1CCN(c2cc(N(C)CC(=O)O)ncn2)CC1=O. The summed E-state index contributed by atoms with van der Waals surface area (Å²) in [5, 5.41) is 8.78. The number of aliphatic carboxylic acids is 1. The van der Waals surface area contributed by atoms with E-state index in [1.54, 1.807) is 25.1 Å². The van der Waals surface area contributed by atoms with Crippen molar-refractivity contribution in [3.8, 4) is 0 Å². The molecule has 1 N–H and O–H groups in total. The number of anilines is 2. The van der Waals surface area contributed by atoms with Gasteiger partial charge in [-0.3, -0.25) is 9.59 Å². The van der Waals surface area contributed by atoms with Gasteiger partial charge in [-0.2, -0.15) is 0 Å². The molecule has 1 aromatic heterocycles. The zero-order valence-electron chi connectivity index (χ0n) is 11.5. The van der Waals surface area contributed by atoms with Crippen LogP contribution in [0.25, 0.3) is 0 Å². The standard InChI is InChI=1S/C12H17N5O3/c1-15-3-4-17(6-11(15)18)10-5-9(13-8-14-10)16(2)7-12(19)20/h5,8H,3-4,6-7H2,1-2H3,(H,19,20). The van der Waals surface area contributed by atoms with Gasteiger partial charge in [-0.25, -0.2) is 9.97 Å². The molecule has 2 rings (SSSR count). The number of nitrogens with zero attached hydrogens (tertiary/aromatic N) is 5. The highest BCUT2D eigenvalue weighted by Crippen LogP contribution is 2.18. The van der Waals surface area contributed by atoms with E-state index in [0.29, 0.717) is 24.7 Å². The molecular weight excluding hydrogens is 262 g/mol. The third kappa shape index (κ3) is 3.14. The molecule has 1 saturated heterocycles. The van der Waals surface area contributed by atoms with Crippen LogP contribution in [0.2, 0.25) is 0 Å². The van der Waals surface area contributed by atoms with Gasteiger partial charge in [-0.05, 0) is 0 Å². The lowest BCUT2D eigenvalue weighted by molar-refractivity contribution is -0.135. The van der Waals surface area contributed by atoms with Crippen molar-refractivity contribution < 1.29 is 14.7 Å². The highest BCUT2D eigenvalue weighted by atomic mass is 16.4. The normalized spacial score (nSPS) is 15.4. The fourth-order valence-corrected chi connectivity index (χ4v) is 1.96. The van der Waals surface area contributed by atoms with Gasteiger partial charge >= 0.3 is 5.97 Å². The van der Waals surface area contributed by atoms with Crippen LogP contribution in [0, 0.1) is 0 Å². The molecule has 20 heavy (non-hydrogen) atoms. The molecule has 1 amide bonds. The van der Waals surface area contributed by atoms with E-state index in [0.717, 1.165) is 0 Å². The lowest BCUT2D eigenvalue weighted by Crippen LogP contribution is -2.48. The smallest absolute Gasteiger partial charge is 0.323 e. The fraction of sp³-hybridized carbons (Fsp3) is 0.500. The van der Waals surface area contributed by atoms with Crippen LogP contribution in [-0.4, -0.2) is 72.1 Å². The van der Waals surface area contributed by atoms with Crippen molar-refractivity contribution >= 4 is 23.5 Å². The van der Waals surface area contributed by atoms with Gasteiger partial charge in [0.15, 0.2) is 0 Å². The minimum Gasteiger partial charge on any atom is -0.480 e. The minimum atomic E-state index is -0.928. The van der Waals surface area contributed by atoms with Gasteiger partial charge in [0, 0.05) is 33.3 Å². The summed E-state index contributed by atoms with van der Waals surface area (Å²) >= 11 is 0. The molecule has 1 aromatic rings. The predicted octanol–water partition coefficient (Wildman–Crippen LogP) is -0.724. The molecule has 0 radical (unpaired) electrons. The summed E-state index contributed by atoms with van der Waals surface area (Å²) in [6, 6.07) is 1.70. The molecule has 8 heteroatoms. The molecule has 0 aromatic carbocycles. The summed E-state index contributed by atoms with van der Waals surface area (Å²) in [6.07, 6.45) is 1.38. The van der Waals surface area contributed by atoms with Crippen molar-refractivity contribution in [3.63, 3.8) is 0 Å². The lowest BCUT2D eigenvalue weighted by Gasteiger charge is -2.32. The summed E-state index contributed by atoms with van der Waals surface area (Å²) in [6.45, 7) is 1.47. The predicted molar refractivity (Wildman–Crippen MR) is 72.8 cm³/mol. The summed E-state index contributed by atoms with van der Waals surface area (Å²) in [5.41, 5.74) is 0. The monoisotopic (exact) mass is 279 g/mol. The number of carboxylic acid groups (broad SMARTS) is 1. The number of amides is 1. The maximum absolute atomic E-state index is 11.7. The summed E-state index contributed by atoms with van der Waals surface area (Å²) in [4.78, 5) is 35.7. The number of likely N-dealkylation sites (N-methyl/N-ethyl adjacent to an activating group) is 2. The van der Waals surface area contributed by atoms with Crippen LogP contribution < -0.4 is 9.80 Å². The number of hydrogen-bond acceptors (Lipinski definition) is 6. The average Bonchev–Trinajstić information content (AvgIpc) is 2.41. The van der Waals surface area contributed by atoms with Crippen molar-refractivity contribution in [2.24, 2.45) is 0 Å². The molecule has 0 aliphatic carbocycles. The number of rotatable bonds is 4. The van der Waals surface area contributed by atoms with Crippen LogP contribution >= 0.6 is 0 Å². The van der Waals surface area contributed by atoms with Crippen LogP contribution in [0.1, 0.15) is 0 Å². The molecule has 8 nitrogen and oxygen atoms in total. The zero-order valence-corrected chi connectivity index (χ0v) is 11.5. The van der Waals surface area contributed by atoms with Crippen molar-refractivity contribution in [3.05, 3.63) is 12.4 Å². The van der Waals surface area contributed by atoms with Crippen molar-refractivity contribution in [2.45, 2.75) is 0 Å². The number of piperazine rings is 1. The summed E-state index contributed by atoms with van der Waals surface area (Å²) in [5.74, 6) is 0.259. The Morgan fingerprint density at radius 2 is 2.20 bits per heavy atom. The Hall–Kier alpha value is -2.38. The largest absolute Gasteiger partial charge is 0.480 e. The molecule has 0 unspecified atom stereocenters. The van der Waals surface area contributed by atoms with Gasteiger partial charge in [0.25, 0.3) is 0 Å². The number of aromatic nitrogens is 2. The molecule has 2 heterocycles. The number of carboxylic acids is 1. The highest BCUT2D eigenvalue weighted by molar-refractivity contribution is 5.82. The first-order valence-corrected chi connectivity index (χ1v) is 6.21.